The minimum absolute atomic E-state index is 0.358. The summed E-state index contributed by atoms with van der Waals surface area (Å²) < 4.78 is 7.69. The van der Waals surface area contributed by atoms with E-state index in [0.717, 1.165) is 0 Å². The number of aromatic nitrogens is 3. The van der Waals surface area contributed by atoms with E-state index < -0.39 is 0 Å². The molecule has 192 valence electrons. The van der Waals surface area contributed by atoms with Gasteiger partial charge in [-0.05, 0) is 79.6 Å². The maximum Gasteiger partial charge on any atom is 0.296 e. The molecule has 0 spiro atoms. The van der Waals surface area contributed by atoms with Crippen molar-refractivity contribution in [3.63, 3.8) is 0 Å². The van der Waals surface area contributed by atoms with Crippen molar-refractivity contribution in [3.05, 3.63) is 88.7 Å². The number of pyridine rings is 1. The zero-order valence-electron chi connectivity index (χ0n) is 23.7. The second-order valence-corrected chi connectivity index (χ2v) is 12.4. The van der Waals surface area contributed by atoms with E-state index in [0.29, 0.717) is 11.8 Å². The van der Waals surface area contributed by atoms with Crippen molar-refractivity contribution in [2.75, 3.05) is 0 Å². The van der Waals surface area contributed by atoms with Crippen molar-refractivity contribution in [1.82, 2.24) is 9.55 Å². The Morgan fingerprint density at radius 2 is 1.58 bits per heavy atom. The first-order chi connectivity index (χ1) is 18.2. The molecule has 6 aromatic rings. The lowest BCUT2D eigenvalue weighted by Crippen LogP contribution is -2.30. The normalized spacial score (nSPS) is 12.2. The molecule has 0 saturated heterocycles. The number of hydrogen-bond acceptors (Lipinski definition) is 2. The lowest BCUT2D eigenvalue weighted by atomic mass is 9.89. The number of imidazole rings is 1. The van der Waals surface area contributed by atoms with E-state index in [2.05, 4.69) is 118 Å². The molecule has 0 fully saturated rings. The van der Waals surface area contributed by atoms with Gasteiger partial charge in [-0.3, -0.25) is 4.98 Å². The maximum atomic E-state index is 4.57. The zero-order chi connectivity index (χ0) is 26.9. The Labute approximate surface area is 229 Å². The molecule has 3 heterocycles. The summed E-state index contributed by atoms with van der Waals surface area (Å²) in [6, 6.07) is 18.2. The van der Waals surface area contributed by atoms with E-state index in [1.807, 2.05) is 23.7 Å². The molecule has 0 aliphatic rings. The van der Waals surface area contributed by atoms with Crippen molar-refractivity contribution < 1.29 is 4.57 Å². The third-order valence-electron chi connectivity index (χ3n) is 8.13. The lowest BCUT2D eigenvalue weighted by Gasteiger charge is -2.20. The number of thiophene rings is 1. The predicted molar refractivity (Wildman–Crippen MR) is 163 cm³/mol. The minimum atomic E-state index is 0.358. The summed E-state index contributed by atoms with van der Waals surface area (Å²) in [7, 11) is 2.21. The highest BCUT2D eigenvalue weighted by Gasteiger charge is 2.33. The highest BCUT2D eigenvalue weighted by molar-refractivity contribution is 7.26. The number of hydrogen-bond donors (Lipinski definition) is 0. The van der Waals surface area contributed by atoms with Crippen LogP contribution in [0.15, 0.2) is 60.9 Å². The third kappa shape index (κ3) is 3.61. The van der Waals surface area contributed by atoms with Crippen LogP contribution in [0.5, 0.6) is 0 Å². The van der Waals surface area contributed by atoms with E-state index >= 15 is 0 Å². The SMILES string of the molecule is Cc1cc2c(cc1C)[n+](C)c(-c1cnccc1C)n2-c1c(C(C)C)cc2c(sc3ccccc32)c1C(C)C. The second kappa shape index (κ2) is 9.06. The van der Waals surface area contributed by atoms with Gasteiger partial charge in [-0.25, -0.2) is 4.57 Å². The minimum Gasteiger partial charge on any atom is -0.264 e. The molecule has 3 nitrogen and oxygen atoms in total. The van der Waals surface area contributed by atoms with Crippen LogP contribution in [0.25, 0.3) is 48.3 Å². The van der Waals surface area contributed by atoms with Crippen LogP contribution >= 0.6 is 11.3 Å². The average Bonchev–Trinajstić information content (AvgIpc) is 3.38. The van der Waals surface area contributed by atoms with Crippen LogP contribution in [0.1, 0.15) is 67.3 Å². The Kier molecular flexibility index (Phi) is 5.92. The van der Waals surface area contributed by atoms with Gasteiger partial charge in [-0.1, -0.05) is 45.9 Å². The lowest BCUT2D eigenvalue weighted by molar-refractivity contribution is -0.633. The highest BCUT2D eigenvalue weighted by Crippen LogP contribution is 2.46. The van der Waals surface area contributed by atoms with Crippen molar-refractivity contribution in [2.24, 2.45) is 7.05 Å². The Morgan fingerprint density at radius 3 is 2.29 bits per heavy atom. The first kappa shape index (κ1) is 24.8. The van der Waals surface area contributed by atoms with Crippen LogP contribution in [-0.4, -0.2) is 9.55 Å². The molecule has 0 unspecified atom stereocenters. The van der Waals surface area contributed by atoms with Crippen LogP contribution in [-0.2, 0) is 7.05 Å². The van der Waals surface area contributed by atoms with Crippen LogP contribution < -0.4 is 4.57 Å². The molecular formula is C34H36N3S+. The summed E-state index contributed by atoms with van der Waals surface area (Å²) in [4.78, 5) is 4.57. The van der Waals surface area contributed by atoms with Crippen molar-refractivity contribution in [1.29, 1.82) is 0 Å². The van der Waals surface area contributed by atoms with E-state index in [1.165, 1.54) is 76.1 Å². The summed E-state index contributed by atoms with van der Waals surface area (Å²) in [6.07, 6.45) is 3.92. The Hall–Kier alpha value is -3.50. The van der Waals surface area contributed by atoms with Crippen molar-refractivity contribution in [3.8, 4) is 17.1 Å². The van der Waals surface area contributed by atoms with Gasteiger partial charge >= 0.3 is 0 Å². The maximum absolute atomic E-state index is 4.57. The Bertz CT molecular complexity index is 1870. The molecule has 0 amide bonds. The van der Waals surface area contributed by atoms with Crippen molar-refractivity contribution >= 4 is 42.5 Å². The smallest absolute Gasteiger partial charge is 0.264 e. The topological polar surface area (TPSA) is 21.7 Å². The number of fused-ring (bicyclic) bond motifs is 4. The van der Waals surface area contributed by atoms with Crippen LogP contribution in [0.3, 0.4) is 0 Å². The largest absolute Gasteiger partial charge is 0.296 e. The summed E-state index contributed by atoms with van der Waals surface area (Å²) in [5.41, 5.74) is 11.7. The summed E-state index contributed by atoms with van der Waals surface area (Å²) in [5, 5.41) is 2.74. The van der Waals surface area contributed by atoms with Gasteiger partial charge in [0.05, 0.1) is 12.6 Å². The van der Waals surface area contributed by atoms with Gasteiger partial charge in [0.25, 0.3) is 5.82 Å². The van der Waals surface area contributed by atoms with Gasteiger partial charge < -0.3 is 0 Å². The number of nitrogens with zero attached hydrogens (tertiary/aromatic N) is 3. The molecule has 38 heavy (non-hydrogen) atoms. The van der Waals surface area contributed by atoms with Gasteiger partial charge in [0.1, 0.15) is 5.69 Å². The standard InChI is InChI=1S/C34H36N3S/c1-19(2)25-17-26-24-11-9-10-12-30(24)38-33(26)31(20(3)4)32(25)37-29-16-23(7)22(6)15-28(29)36(8)34(37)27-18-35-14-13-21(27)5/h9-20H,1-8H3/q+1. The van der Waals surface area contributed by atoms with E-state index in [1.54, 1.807) is 0 Å². The summed E-state index contributed by atoms with van der Waals surface area (Å²) in [5.74, 6) is 1.90. The van der Waals surface area contributed by atoms with Gasteiger partial charge in [0, 0.05) is 43.7 Å². The van der Waals surface area contributed by atoms with Gasteiger partial charge in [0.2, 0.25) is 0 Å². The molecule has 0 aliphatic heterocycles. The van der Waals surface area contributed by atoms with Crippen LogP contribution in [0, 0.1) is 20.8 Å². The monoisotopic (exact) mass is 518 g/mol. The molecule has 0 atom stereocenters. The van der Waals surface area contributed by atoms with E-state index in [4.69, 9.17) is 0 Å². The summed E-state index contributed by atoms with van der Waals surface area (Å²) >= 11 is 1.94. The second-order valence-electron chi connectivity index (χ2n) is 11.3. The zero-order valence-corrected chi connectivity index (χ0v) is 24.5. The number of aryl methyl sites for hydroxylation is 4. The molecule has 0 aliphatic carbocycles. The van der Waals surface area contributed by atoms with Crippen LogP contribution in [0.4, 0.5) is 0 Å². The summed E-state index contributed by atoms with van der Waals surface area (Å²) in [6.45, 7) is 16.0. The molecule has 0 bridgehead atoms. The van der Waals surface area contributed by atoms with E-state index in [9.17, 15) is 0 Å². The molecule has 3 aromatic heterocycles. The van der Waals surface area contributed by atoms with Gasteiger partial charge in [0.15, 0.2) is 11.0 Å². The van der Waals surface area contributed by atoms with Gasteiger partial charge in [-0.15, -0.1) is 11.3 Å². The molecule has 0 radical (unpaired) electrons. The first-order valence-electron chi connectivity index (χ1n) is 13.6. The van der Waals surface area contributed by atoms with Gasteiger partial charge in [-0.2, -0.15) is 4.57 Å². The molecule has 3 aromatic carbocycles. The first-order valence-corrected chi connectivity index (χ1v) is 14.4. The average molecular weight is 519 g/mol. The molecule has 0 N–H and O–H groups in total. The fraction of sp³-hybridized carbons (Fsp3) is 0.294. The molecule has 0 saturated carbocycles. The number of rotatable bonds is 4. The Morgan fingerprint density at radius 1 is 0.842 bits per heavy atom. The van der Waals surface area contributed by atoms with Crippen LogP contribution in [0.2, 0.25) is 0 Å². The molecular weight excluding hydrogens is 482 g/mol. The third-order valence-corrected chi connectivity index (χ3v) is 9.35. The molecule has 6 rings (SSSR count). The Balaban J connectivity index is 1.89. The highest BCUT2D eigenvalue weighted by atomic mass is 32.1. The molecule has 4 heteroatoms. The number of benzene rings is 3. The van der Waals surface area contributed by atoms with E-state index in [-0.39, 0.29) is 0 Å². The van der Waals surface area contributed by atoms with Crippen molar-refractivity contribution in [2.45, 2.75) is 60.3 Å². The fourth-order valence-electron chi connectivity index (χ4n) is 5.96. The fourth-order valence-corrected chi connectivity index (χ4v) is 7.33. The quantitative estimate of drug-likeness (QED) is 0.213. The predicted octanol–water partition coefficient (Wildman–Crippen LogP) is 9.06.